The summed E-state index contributed by atoms with van der Waals surface area (Å²) < 4.78 is 22.9. The third-order valence-corrected chi connectivity index (χ3v) is 5.26. The van der Waals surface area contributed by atoms with Crippen molar-refractivity contribution in [3.63, 3.8) is 0 Å². The molecule has 4 nitrogen and oxygen atoms in total. The summed E-state index contributed by atoms with van der Waals surface area (Å²) in [5.74, 6) is 0.811. The maximum absolute atomic E-state index is 12.5. The lowest BCUT2D eigenvalue weighted by Crippen LogP contribution is -2.07. The van der Waals surface area contributed by atoms with Crippen LogP contribution in [0.2, 0.25) is 0 Å². The average Bonchev–Trinajstić information content (AvgIpc) is 2.43. The van der Waals surface area contributed by atoms with Gasteiger partial charge in [-0.05, 0) is 25.2 Å². The molecule has 0 radical (unpaired) electrons. The van der Waals surface area contributed by atoms with E-state index >= 15 is 0 Å². The molecule has 1 atom stereocenters. The summed E-state index contributed by atoms with van der Waals surface area (Å²) in [5, 5.41) is 0. The highest BCUT2D eigenvalue weighted by Crippen LogP contribution is 2.49. The highest BCUT2D eigenvalue weighted by Gasteiger charge is 2.31. The van der Waals surface area contributed by atoms with Gasteiger partial charge in [0.1, 0.15) is 17.1 Å². The lowest BCUT2D eigenvalue weighted by atomic mass is 10.2. The van der Waals surface area contributed by atoms with Gasteiger partial charge in [0.2, 0.25) is 5.52 Å². The number of ether oxygens (including phenoxy) is 2. The summed E-state index contributed by atoms with van der Waals surface area (Å²) in [7, 11) is 0.0675. The van der Waals surface area contributed by atoms with Crippen LogP contribution in [-0.4, -0.2) is 32.6 Å². The first kappa shape index (κ1) is 15.8. The second kappa shape index (κ2) is 6.76. The molecule has 0 aliphatic carbocycles. The first-order valence-electron chi connectivity index (χ1n) is 6.30. The number of hydrogen-bond acceptors (Lipinski definition) is 4. The van der Waals surface area contributed by atoms with E-state index in [1.807, 2.05) is 6.92 Å². The van der Waals surface area contributed by atoms with Crippen LogP contribution in [0.4, 0.5) is 0 Å². The zero-order chi connectivity index (χ0) is 14.5. The Hall–Kier alpha value is -1.28. The molecule has 0 aliphatic rings. The van der Waals surface area contributed by atoms with Crippen molar-refractivity contribution >= 4 is 12.7 Å². The average molecular weight is 284 g/mol. The maximum atomic E-state index is 12.5. The molecule has 0 amide bonds. The van der Waals surface area contributed by atoms with Gasteiger partial charge in [-0.3, -0.25) is 4.79 Å². The van der Waals surface area contributed by atoms with Crippen molar-refractivity contribution in [3.05, 3.63) is 23.8 Å². The summed E-state index contributed by atoms with van der Waals surface area (Å²) in [6, 6.07) is 5.09. The van der Waals surface area contributed by atoms with Crippen LogP contribution >= 0.6 is 7.14 Å². The maximum Gasteiger partial charge on any atom is 0.228 e. The van der Waals surface area contributed by atoms with Gasteiger partial charge in [-0.15, -0.1) is 0 Å². The molecule has 0 heterocycles. The quantitative estimate of drug-likeness (QED) is 0.717. The molecule has 0 aliphatic heterocycles. The van der Waals surface area contributed by atoms with Crippen LogP contribution in [0, 0.1) is 0 Å². The van der Waals surface area contributed by atoms with Crippen molar-refractivity contribution in [3.8, 4) is 11.5 Å². The topological polar surface area (TPSA) is 52.6 Å². The molecule has 0 saturated heterocycles. The molecule has 106 valence electrons. The number of carbonyl (C=O) groups is 1. The van der Waals surface area contributed by atoms with Crippen molar-refractivity contribution in [2.75, 3.05) is 27.0 Å². The van der Waals surface area contributed by atoms with Crippen LogP contribution in [0.25, 0.3) is 0 Å². The molecule has 19 heavy (non-hydrogen) atoms. The Morgan fingerprint density at radius 1 is 1.21 bits per heavy atom. The SMILES string of the molecule is CCCCP(C)(=O)C(=O)c1c(OC)cccc1OC. The fourth-order valence-corrected chi connectivity index (χ4v) is 3.68. The third kappa shape index (κ3) is 3.60. The van der Waals surface area contributed by atoms with Crippen LogP contribution in [0.5, 0.6) is 11.5 Å². The molecule has 0 bridgehead atoms. The van der Waals surface area contributed by atoms with Gasteiger partial charge in [-0.2, -0.15) is 0 Å². The lowest BCUT2D eigenvalue weighted by molar-refractivity contribution is 0.106. The zero-order valence-corrected chi connectivity index (χ0v) is 12.8. The fraction of sp³-hybridized carbons (Fsp3) is 0.500. The van der Waals surface area contributed by atoms with E-state index in [1.165, 1.54) is 20.9 Å². The Morgan fingerprint density at radius 2 is 1.74 bits per heavy atom. The van der Waals surface area contributed by atoms with E-state index in [9.17, 15) is 9.36 Å². The Labute approximate surface area is 114 Å². The number of hydrogen-bond donors (Lipinski definition) is 0. The van der Waals surface area contributed by atoms with Crippen molar-refractivity contribution < 1.29 is 18.8 Å². The molecule has 1 unspecified atom stereocenters. The van der Waals surface area contributed by atoms with E-state index in [0.717, 1.165) is 12.8 Å². The first-order valence-corrected chi connectivity index (χ1v) is 8.64. The molecular weight excluding hydrogens is 263 g/mol. The van der Waals surface area contributed by atoms with E-state index < -0.39 is 7.14 Å². The van der Waals surface area contributed by atoms with Crippen LogP contribution in [0.3, 0.4) is 0 Å². The van der Waals surface area contributed by atoms with Crippen LogP contribution < -0.4 is 9.47 Å². The highest BCUT2D eigenvalue weighted by molar-refractivity contribution is 7.80. The highest BCUT2D eigenvalue weighted by atomic mass is 31.2. The molecule has 1 rings (SSSR count). The first-order chi connectivity index (χ1) is 8.97. The van der Waals surface area contributed by atoms with Gasteiger partial charge < -0.3 is 14.0 Å². The van der Waals surface area contributed by atoms with Gasteiger partial charge in [0.25, 0.3) is 0 Å². The Bertz CT molecular complexity index is 474. The Kier molecular flexibility index (Phi) is 5.61. The monoisotopic (exact) mass is 284 g/mol. The standard InChI is InChI=1S/C14H21O4P/c1-5-6-10-19(4,16)14(15)13-11(17-2)8-7-9-12(13)18-3/h7-9H,5-6,10H2,1-4H3. The largest absolute Gasteiger partial charge is 0.496 e. The van der Waals surface area contributed by atoms with E-state index in [4.69, 9.17) is 9.47 Å². The number of carbonyl (C=O) groups excluding carboxylic acids is 1. The summed E-state index contributed by atoms with van der Waals surface area (Å²) >= 11 is 0. The number of methoxy groups -OCH3 is 2. The van der Waals surface area contributed by atoms with Gasteiger partial charge in [-0.1, -0.05) is 19.4 Å². The van der Waals surface area contributed by atoms with E-state index in [1.54, 1.807) is 18.2 Å². The van der Waals surface area contributed by atoms with Crippen LogP contribution in [0.15, 0.2) is 18.2 Å². The van der Waals surface area contributed by atoms with Crippen LogP contribution in [-0.2, 0) is 4.57 Å². The number of benzene rings is 1. The summed E-state index contributed by atoms with van der Waals surface area (Å²) in [4.78, 5) is 12.5. The second-order valence-electron chi connectivity index (χ2n) is 4.52. The van der Waals surface area contributed by atoms with Crippen LogP contribution in [0.1, 0.15) is 30.1 Å². The summed E-state index contributed by atoms with van der Waals surface area (Å²) in [6.07, 6.45) is 2.11. The molecule has 0 N–H and O–H groups in total. The lowest BCUT2D eigenvalue weighted by Gasteiger charge is -2.16. The minimum Gasteiger partial charge on any atom is -0.496 e. The van der Waals surface area contributed by atoms with E-state index in [2.05, 4.69) is 0 Å². The molecule has 1 aromatic rings. The molecular formula is C14H21O4P. The van der Waals surface area contributed by atoms with Crippen molar-refractivity contribution in [1.29, 1.82) is 0 Å². The van der Waals surface area contributed by atoms with E-state index in [0.29, 0.717) is 17.7 Å². The van der Waals surface area contributed by atoms with E-state index in [-0.39, 0.29) is 11.1 Å². The van der Waals surface area contributed by atoms with Gasteiger partial charge in [0, 0.05) is 6.16 Å². The van der Waals surface area contributed by atoms with Gasteiger partial charge in [-0.25, -0.2) is 0 Å². The van der Waals surface area contributed by atoms with Crippen molar-refractivity contribution in [2.24, 2.45) is 0 Å². The minimum atomic E-state index is -2.90. The molecule has 0 fully saturated rings. The summed E-state index contributed by atoms with van der Waals surface area (Å²) in [6.45, 7) is 3.55. The zero-order valence-electron chi connectivity index (χ0n) is 11.9. The number of rotatable bonds is 7. The normalized spacial score (nSPS) is 13.7. The Balaban J connectivity index is 3.21. The smallest absolute Gasteiger partial charge is 0.228 e. The molecule has 1 aromatic carbocycles. The minimum absolute atomic E-state index is 0.287. The molecule has 5 heteroatoms. The predicted molar refractivity (Wildman–Crippen MR) is 77.2 cm³/mol. The van der Waals surface area contributed by atoms with Gasteiger partial charge in [0.15, 0.2) is 7.14 Å². The fourth-order valence-electron chi connectivity index (χ4n) is 1.86. The van der Waals surface area contributed by atoms with Gasteiger partial charge >= 0.3 is 0 Å². The Morgan fingerprint density at radius 3 is 2.16 bits per heavy atom. The third-order valence-electron chi connectivity index (χ3n) is 3.01. The van der Waals surface area contributed by atoms with Crippen molar-refractivity contribution in [2.45, 2.75) is 19.8 Å². The second-order valence-corrected chi connectivity index (χ2v) is 7.58. The molecule has 0 aromatic heterocycles. The number of unbranched alkanes of at least 4 members (excludes halogenated alkanes) is 1. The summed E-state index contributed by atoms with van der Waals surface area (Å²) in [5.41, 5.74) is -0.0790. The predicted octanol–water partition coefficient (Wildman–Crippen LogP) is 3.64. The van der Waals surface area contributed by atoms with Gasteiger partial charge in [0.05, 0.1) is 14.2 Å². The molecule has 0 saturated carbocycles. The molecule has 0 spiro atoms. The van der Waals surface area contributed by atoms with Crippen molar-refractivity contribution in [1.82, 2.24) is 0 Å².